The summed E-state index contributed by atoms with van der Waals surface area (Å²) in [5, 5.41) is 0. The first kappa shape index (κ1) is 11.4. The first-order valence-corrected chi connectivity index (χ1v) is 5.17. The number of aromatic nitrogens is 1. The zero-order valence-electron chi connectivity index (χ0n) is 9.57. The molecule has 2 rings (SSSR count). The third-order valence-corrected chi connectivity index (χ3v) is 2.17. The summed E-state index contributed by atoms with van der Waals surface area (Å²) in [7, 11) is 1.41. The van der Waals surface area contributed by atoms with Crippen molar-refractivity contribution in [1.82, 2.24) is 4.98 Å². The van der Waals surface area contributed by atoms with Crippen LogP contribution in [0.3, 0.4) is 0 Å². The standard InChI is InChI=1S/C12H12FNO3/c1-3-16-11-7-14-12(17-11)8-4-5-10(15-2)9(13)6-8/h4-7H,3H2,1-2H3. The molecule has 0 unspecified atom stereocenters. The zero-order chi connectivity index (χ0) is 12.3. The van der Waals surface area contributed by atoms with Crippen LogP contribution in [0.15, 0.2) is 28.8 Å². The van der Waals surface area contributed by atoms with Gasteiger partial charge in [0.15, 0.2) is 11.6 Å². The molecule has 4 nitrogen and oxygen atoms in total. The Labute approximate surface area is 98.0 Å². The van der Waals surface area contributed by atoms with E-state index in [4.69, 9.17) is 13.9 Å². The van der Waals surface area contributed by atoms with Gasteiger partial charge in [-0.2, -0.15) is 0 Å². The maximum Gasteiger partial charge on any atom is 0.305 e. The molecule has 0 bridgehead atoms. The summed E-state index contributed by atoms with van der Waals surface area (Å²) < 4.78 is 28.7. The Morgan fingerprint density at radius 1 is 1.41 bits per heavy atom. The highest BCUT2D eigenvalue weighted by molar-refractivity contribution is 5.55. The van der Waals surface area contributed by atoms with Crippen molar-refractivity contribution in [2.24, 2.45) is 0 Å². The summed E-state index contributed by atoms with van der Waals surface area (Å²) in [5.74, 6) is 0.361. The lowest BCUT2D eigenvalue weighted by Gasteiger charge is -2.02. The second-order valence-corrected chi connectivity index (χ2v) is 3.27. The summed E-state index contributed by atoms with van der Waals surface area (Å²) in [4.78, 5) is 4.00. The summed E-state index contributed by atoms with van der Waals surface area (Å²) in [6, 6.07) is 4.50. The highest BCUT2D eigenvalue weighted by Gasteiger charge is 2.10. The lowest BCUT2D eigenvalue weighted by atomic mass is 10.2. The third-order valence-electron chi connectivity index (χ3n) is 2.17. The SMILES string of the molecule is CCOc1cnc(-c2ccc(OC)c(F)c2)o1. The first-order chi connectivity index (χ1) is 8.24. The number of oxazole rings is 1. The minimum Gasteiger partial charge on any atom is -0.494 e. The van der Waals surface area contributed by atoms with Crippen LogP contribution in [0, 0.1) is 5.82 Å². The lowest BCUT2D eigenvalue weighted by Crippen LogP contribution is -1.89. The topological polar surface area (TPSA) is 44.5 Å². The van der Waals surface area contributed by atoms with Crippen molar-refractivity contribution in [3.63, 3.8) is 0 Å². The molecule has 0 radical (unpaired) electrons. The molecule has 1 aromatic carbocycles. The molecule has 0 atom stereocenters. The normalized spacial score (nSPS) is 10.3. The Balaban J connectivity index is 2.29. The van der Waals surface area contributed by atoms with E-state index in [-0.39, 0.29) is 5.75 Å². The van der Waals surface area contributed by atoms with Crippen molar-refractivity contribution in [3.05, 3.63) is 30.2 Å². The molecule has 1 heterocycles. The smallest absolute Gasteiger partial charge is 0.305 e. The number of ether oxygens (including phenoxy) is 2. The van der Waals surface area contributed by atoms with E-state index in [9.17, 15) is 4.39 Å². The molecule has 90 valence electrons. The summed E-state index contributed by atoms with van der Waals surface area (Å²) in [6.07, 6.45) is 1.46. The minimum absolute atomic E-state index is 0.185. The van der Waals surface area contributed by atoms with Crippen LogP contribution in [0.1, 0.15) is 6.92 Å². The Bertz CT molecular complexity index is 510. The minimum atomic E-state index is -0.457. The molecule has 2 aromatic rings. The van der Waals surface area contributed by atoms with E-state index in [1.165, 1.54) is 25.4 Å². The van der Waals surface area contributed by atoms with Gasteiger partial charge in [0.2, 0.25) is 5.89 Å². The van der Waals surface area contributed by atoms with Gasteiger partial charge in [-0.25, -0.2) is 9.37 Å². The molecule has 0 amide bonds. The molecular formula is C12H12FNO3. The molecule has 0 saturated heterocycles. The highest BCUT2D eigenvalue weighted by Crippen LogP contribution is 2.27. The van der Waals surface area contributed by atoms with Gasteiger partial charge in [0.05, 0.1) is 13.7 Å². The van der Waals surface area contributed by atoms with E-state index >= 15 is 0 Å². The average Bonchev–Trinajstić information content (AvgIpc) is 2.78. The van der Waals surface area contributed by atoms with Gasteiger partial charge in [-0.3, -0.25) is 0 Å². The Morgan fingerprint density at radius 2 is 2.24 bits per heavy atom. The number of hydrogen-bond acceptors (Lipinski definition) is 4. The molecule has 0 fully saturated rings. The average molecular weight is 237 g/mol. The van der Waals surface area contributed by atoms with Gasteiger partial charge in [0, 0.05) is 5.56 Å². The van der Waals surface area contributed by atoms with E-state index < -0.39 is 5.82 Å². The van der Waals surface area contributed by atoms with Gasteiger partial charge in [-0.15, -0.1) is 0 Å². The maximum absolute atomic E-state index is 13.5. The van der Waals surface area contributed by atoms with Gasteiger partial charge >= 0.3 is 5.95 Å². The predicted octanol–water partition coefficient (Wildman–Crippen LogP) is 2.89. The number of benzene rings is 1. The van der Waals surface area contributed by atoms with Crippen LogP contribution in [0.5, 0.6) is 11.7 Å². The third kappa shape index (κ3) is 2.38. The van der Waals surface area contributed by atoms with Crippen LogP contribution in [-0.2, 0) is 0 Å². The van der Waals surface area contributed by atoms with Crippen molar-refractivity contribution in [3.8, 4) is 23.1 Å². The summed E-state index contributed by atoms with van der Waals surface area (Å²) in [6.45, 7) is 2.33. The van der Waals surface area contributed by atoms with Crippen molar-refractivity contribution in [2.45, 2.75) is 6.92 Å². The molecular weight excluding hydrogens is 225 g/mol. The van der Waals surface area contributed by atoms with E-state index in [2.05, 4.69) is 4.98 Å². The molecule has 0 aliphatic heterocycles. The molecule has 0 saturated carbocycles. The van der Waals surface area contributed by atoms with E-state index in [1.807, 2.05) is 6.92 Å². The van der Waals surface area contributed by atoms with Crippen LogP contribution in [0.25, 0.3) is 11.5 Å². The Kier molecular flexibility index (Phi) is 3.27. The van der Waals surface area contributed by atoms with Gasteiger partial charge in [0.25, 0.3) is 0 Å². The molecule has 1 aromatic heterocycles. The number of rotatable bonds is 4. The second kappa shape index (κ2) is 4.86. The molecule has 0 aliphatic rings. The lowest BCUT2D eigenvalue weighted by molar-refractivity contribution is 0.260. The molecule has 0 aliphatic carbocycles. The van der Waals surface area contributed by atoms with Crippen molar-refractivity contribution in [1.29, 1.82) is 0 Å². The van der Waals surface area contributed by atoms with Gasteiger partial charge in [-0.05, 0) is 25.1 Å². The number of halogens is 1. The molecule has 5 heteroatoms. The van der Waals surface area contributed by atoms with Gasteiger partial charge < -0.3 is 13.9 Å². The quantitative estimate of drug-likeness (QED) is 0.820. The summed E-state index contributed by atoms with van der Waals surface area (Å²) in [5.41, 5.74) is 0.536. The monoisotopic (exact) mass is 237 g/mol. The zero-order valence-corrected chi connectivity index (χ0v) is 9.57. The van der Waals surface area contributed by atoms with Crippen molar-refractivity contribution >= 4 is 0 Å². The number of hydrogen-bond donors (Lipinski definition) is 0. The molecule has 0 N–H and O–H groups in total. The molecule has 0 spiro atoms. The van der Waals surface area contributed by atoms with E-state index in [0.29, 0.717) is 24.0 Å². The van der Waals surface area contributed by atoms with Crippen LogP contribution in [0.2, 0.25) is 0 Å². The van der Waals surface area contributed by atoms with Crippen molar-refractivity contribution in [2.75, 3.05) is 13.7 Å². The van der Waals surface area contributed by atoms with Gasteiger partial charge in [-0.1, -0.05) is 0 Å². The number of nitrogens with zero attached hydrogens (tertiary/aromatic N) is 1. The van der Waals surface area contributed by atoms with E-state index in [1.54, 1.807) is 6.07 Å². The highest BCUT2D eigenvalue weighted by atomic mass is 19.1. The van der Waals surface area contributed by atoms with Crippen LogP contribution in [-0.4, -0.2) is 18.7 Å². The fraction of sp³-hybridized carbons (Fsp3) is 0.250. The number of methoxy groups -OCH3 is 1. The maximum atomic E-state index is 13.5. The fourth-order valence-corrected chi connectivity index (χ4v) is 1.40. The predicted molar refractivity (Wildman–Crippen MR) is 59.6 cm³/mol. The van der Waals surface area contributed by atoms with Crippen molar-refractivity contribution < 1.29 is 18.3 Å². The largest absolute Gasteiger partial charge is 0.494 e. The van der Waals surface area contributed by atoms with Crippen LogP contribution >= 0.6 is 0 Å². The first-order valence-electron chi connectivity index (χ1n) is 5.17. The second-order valence-electron chi connectivity index (χ2n) is 3.27. The summed E-state index contributed by atoms with van der Waals surface area (Å²) >= 11 is 0. The fourth-order valence-electron chi connectivity index (χ4n) is 1.40. The van der Waals surface area contributed by atoms with E-state index in [0.717, 1.165) is 0 Å². The Hall–Kier alpha value is -2.04. The van der Waals surface area contributed by atoms with Crippen LogP contribution in [0.4, 0.5) is 4.39 Å². The Morgan fingerprint density at radius 3 is 2.88 bits per heavy atom. The molecule has 17 heavy (non-hydrogen) atoms. The van der Waals surface area contributed by atoms with Gasteiger partial charge in [0.1, 0.15) is 6.20 Å². The van der Waals surface area contributed by atoms with Crippen LogP contribution < -0.4 is 9.47 Å².